The second kappa shape index (κ2) is 5.21. The fraction of sp³-hybridized carbons (Fsp3) is 0.444. The lowest BCUT2D eigenvalue weighted by molar-refractivity contribution is -0.138. The molecule has 0 spiro atoms. The fourth-order valence-corrected chi connectivity index (χ4v) is 2.35. The summed E-state index contributed by atoms with van der Waals surface area (Å²) in [5.41, 5.74) is 0.820. The Balaban J connectivity index is 3.22. The number of halogens is 3. The molecular weight excluding hydrogens is 271 g/mol. The highest BCUT2D eigenvalue weighted by Crippen LogP contribution is 2.34. The molecule has 18 heavy (non-hydrogen) atoms. The van der Waals surface area contributed by atoms with Gasteiger partial charge in [0, 0.05) is 24.2 Å². The van der Waals surface area contributed by atoms with Crippen molar-refractivity contribution < 1.29 is 21.6 Å². The van der Waals surface area contributed by atoms with E-state index in [0.29, 0.717) is 0 Å². The Morgan fingerprint density at radius 3 is 2.56 bits per heavy atom. The van der Waals surface area contributed by atoms with Gasteiger partial charge >= 0.3 is 6.18 Å². The van der Waals surface area contributed by atoms with Crippen LogP contribution in [0.4, 0.5) is 13.2 Å². The molecule has 1 unspecified atom stereocenters. The van der Waals surface area contributed by atoms with E-state index in [2.05, 4.69) is 10.4 Å². The molecule has 5 nitrogen and oxygen atoms in total. The molecule has 0 bridgehead atoms. The van der Waals surface area contributed by atoms with E-state index in [-0.39, 0.29) is 5.56 Å². The molecule has 0 aliphatic heterocycles. The molecule has 1 heterocycles. The van der Waals surface area contributed by atoms with Gasteiger partial charge in [-0.2, -0.15) is 13.2 Å². The van der Waals surface area contributed by atoms with Crippen molar-refractivity contribution in [1.29, 1.82) is 0 Å². The highest BCUT2D eigenvalue weighted by atomic mass is 32.2. The number of nitrogens with one attached hydrogen (secondary N) is 1. The molecule has 0 aliphatic carbocycles. The summed E-state index contributed by atoms with van der Waals surface area (Å²) in [7, 11) is -3.48. The van der Waals surface area contributed by atoms with Gasteiger partial charge in [0.05, 0.1) is 17.4 Å². The second-order valence-electron chi connectivity index (χ2n) is 3.77. The lowest BCUT2D eigenvalue weighted by Gasteiger charge is -2.19. The van der Waals surface area contributed by atoms with Gasteiger partial charge in [-0.15, -0.1) is 0 Å². The van der Waals surface area contributed by atoms with Gasteiger partial charge in [-0.1, -0.05) is 0 Å². The standard InChI is InChI=1S/C9H12F3N3O2S/c1-18(16,17)5-8(15-13)6-4-14-3-2-7(6)9(10,11)12/h2-4,8,15H,5,13H2,1H3. The van der Waals surface area contributed by atoms with Crippen LogP contribution < -0.4 is 11.3 Å². The smallest absolute Gasteiger partial charge is 0.271 e. The van der Waals surface area contributed by atoms with E-state index in [0.717, 1.165) is 24.7 Å². The summed E-state index contributed by atoms with van der Waals surface area (Å²) in [6.45, 7) is 0. The minimum Gasteiger partial charge on any atom is -0.271 e. The lowest BCUT2D eigenvalue weighted by Crippen LogP contribution is -2.34. The van der Waals surface area contributed by atoms with Gasteiger partial charge in [0.2, 0.25) is 0 Å². The zero-order valence-corrected chi connectivity index (χ0v) is 10.2. The third-order valence-electron chi connectivity index (χ3n) is 2.20. The molecule has 0 radical (unpaired) electrons. The van der Waals surface area contributed by atoms with E-state index >= 15 is 0 Å². The van der Waals surface area contributed by atoms with Gasteiger partial charge in [0.1, 0.15) is 9.84 Å². The number of hydrogen-bond donors (Lipinski definition) is 2. The molecule has 3 N–H and O–H groups in total. The van der Waals surface area contributed by atoms with Crippen molar-refractivity contribution in [3.8, 4) is 0 Å². The van der Waals surface area contributed by atoms with Crippen molar-refractivity contribution in [3.63, 3.8) is 0 Å². The number of rotatable bonds is 4. The molecular formula is C9H12F3N3O2S. The number of hydrazine groups is 1. The van der Waals surface area contributed by atoms with Crippen molar-refractivity contribution in [3.05, 3.63) is 29.6 Å². The molecule has 0 fully saturated rings. The first-order valence-corrected chi connectivity index (χ1v) is 6.86. The van der Waals surface area contributed by atoms with E-state index in [1.165, 1.54) is 0 Å². The second-order valence-corrected chi connectivity index (χ2v) is 5.96. The molecule has 0 aromatic carbocycles. The summed E-state index contributed by atoms with van der Waals surface area (Å²) < 4.78 is 60.5. The third-order valence-corrected chi connectivity index (χ3v) is 3.14. The van der Waals surface area contributed by atoms with Crippen molar-refractivity contribution in [1.82, 2.24) is 10.4 Å². The number of pyridine rings is 1. The Labute approximate surface area is 102 Å². The normalized spacial score (nSPS) is 14.5. The minimum absolute atomic E-state index is 0.294. The Bertz CT molecular complexity index is 516. The van der Waals surface area contributed by atoms with Crippen LogP contribution >= 0.6 is 0 Å². The molecule has 0 saturated carbocycles. The van der Waals surface area contributed by atoms with Crippen LogP contribution in [-0.4, -0.2) is 25.4 Å². The van der Waals surface area contributed by atoms with Crippen LogP contribution in [-0.2, 0) is 16.0 Å². The maximum Gasteiger partial charge on any atom is 0.416 e. The van der Waals surface area contributed by atoms with E-state index < -0.39 is 33.4 Å². The average molecular weight is 283 g/mol. The zero-order valence-electron chi connectivity index (χ0n) is 9.40. The number of alkyl halides is 3. The van der Waals surface area contributed by atoms with Gasteiger partial charge in [0.15, 0.2) is 0 Å². The number of nitrogens with two attached hydrogens (primary N) is 1. The van der Waals surface area contributed by atoms with Crippen LogP contribution in [0.15, 0.2) is 18.5 Å². The Kier molecular flexibility index (Phi) is 4.30. The largest absolute Gasteiger partial charge is 0.416 e. The molecule has 1 atom stereocenters. The Hall–Kier alpha value is -1.19. The number of sulfone groups is 1. The zero-order chi connectivity index (χ0) is 14.0. The monoisotopic (exact) mass is 283 g/mol. The quantitative estimate of drug-likeness (QED) is 0.626. The molecule has 1 aromatic rings. The van der Waals surface area contributed by atoms with E-state index in [1.54, 1.807) is 0 Å². The summed E-state index contributed by atoms with van der Waals surface area (Å²) in [5.74, 6) is 4.57. The van der Waals surface area contributed by atoms with Gasteiger partial charge in [0.25, 0.3) is 0 Å². The Morgan fingerprint density at radius 1 is 1.50 bits per heavy atom. The first-order valence-electron chi connectivity index (χ1n) is 4.80. The van der Waals surface area contributed by atoms with Gasteiger partial charge in [-0.25, -0.2) is 8.42 Å². The predicted molar refractivity (Wildman–Crippen MR) is 59.0 cm³/mol. The van der Waals surface area contributed by atoms with Gasteiger partial charge in [-0.05, 0) is 6.07 Å². The molecule has 102 valence electrons. The van der Waals surface area contributed by atoms with Crippen LogP contribution in [0.25, 0.3) is 0 Å². The summed E-state index contributed by atoms with van der Waals surface area (Å²) in [4.78, 5) is 3.57. The molecule has 1 aromatic heterocycles. The highest BCUT2D eigenvalue weighted by molar-refractivity contribution is 7.90. The molecule has 1 rings (SSSR count). The summed E-state index contributed by atoms with van der Waals surface area (Å²) in [6.07, 6.45) is -1.73. The van der Waals surface area contributed by atoms with Crippen LogP contribution in [0.3, 0.4) is 0 Å². The van der Waals surface area contributed by atoms with Crippen molar-refractivity contribution in [2.24, 2.45) is 5.84 Å². The predicted octanol–water partition coefficient (Wildman–Crippen LogP) is 0.649. The van der Waals surface area contributed by atoms with E-state index in [9.17, 15) is 21.6 Å². The topological polar surface area (TPSA) is 85.1 Å². The first-order chi connectivity index (χ1) is 8.15. The highest BCUT2D eigenvalue weighted by Gasteiger charge is 2.35. The van der Waals surface area contributed by atoms with Crippen molar-refractivity contribution >= 4 is 9.84 Å². The van der Waals surface area contributed by atoms with Crippen LogP contribution in [0.1, 0.15) is 17.2 Å². The summed E-state index contributed by atoms with van der Waals surface area (Å²) >= 11 is 0. The molecule has 0 aliphatic rings. The maximum atomic E-state index is 12.7. The van der Waals surface area contributed by atoms with Crippen molar-refractivity contribution in [2.45, 2.75) is 12.2 Å². The molecule has 0 amide bonds. The van der Waals surface area contributed by atoms with Gasteiger partial charge < -0.3 is 0 Å². The van der Waals surface area contributed by atoms with Gasteiger partial charge in [-0.3, -0.25) is 16.3 Å². The van der Waals surface area contributed by atoms with Crippen molar-refractivity contribution in [2.75, 3.05) is 12.0 Å². The first kappa shape index (κ1) is 14.9. The maximum absolute atomic E-state index is 12.7. The minimum atomic E-state index is -4.59. The number of hydrogen-bond acceptors (Lipinski definition) is 5. The summed E-state index contributed by atoms with van der Waals surface area (Å²) in [5, 5.41) is 0. The lowest BCUT2D eigenvalue weighted by atomic mass is 10.0. The van der Waals surface area contributed by atoms with Crippen LogP contribution in [0.5, 0.6) is 0 Å². The fourth-order valence-electron chi connectivity index (χ4n) is 1.47. The van der Waals surface area contributed by atoms with Crippen LogP contribution in [0, 0.1) is 0 Å². The molecule has 0 saturated heterocycles. The molecule has 9 heteroatoms. The third kappa shape index (κ3) is 3.93. The van der Waals surface area contributed by atoms with Crippen LogP contribution in [0.2, 0.25) is 0 Å². The van der Waals surface area contributed by atoms with E-state index in [4.69, 9.17) is 5.84 Å². The number of nitrogens with zero attached hydrogens (tertiary/aromatic N) is 1. The Morgan fingerprint density at radius 2 is 2.11 bits per heavy atom. The summed E-state index contributed by atoms with van der Waals surface area (Å²) in [6, 6.07) is -0.382. The SMILES string of the molecule is CS(=O)(=O)CC(NN)c1cnccc1C(F)(F)F. The van der Waals surface area contributed by atoms with E-state index in [1.807, 2.05) is 0 Å². The average Bonchev–Trinajstić information content (AvgIpc) is 2.23. The number of aromatic nitrogens is 1.